The normalized spacial score (nSPS) is 10.5. The summed E-state index contributed by atoms with van der Waals surface area (Å²) in [4.78, 5) is 36.1. The van der Waals surface area contributed by atoms with Gasteiger partial charge in [0.2, 0.25) is 5.91 Å². The zero-order valence-electron chi connectivity index (χ0n) is 10.0. The lowest BCUT2D eigenvalue weighted by Gasteiger charge is -2.08. The van der Waals surface area contributed by atoms with Gasteiger partial charge in [0.05, 0.1) is 11.0 Å². The van der Waals surface area contributed by atoms with E-state index in [-0.39, 0.29) is 16.6 Å². The van der Waals surface area contributed by atoms with Gasteiger partial charge >= 0.3 is 5.69 Å². The van der Waals surface area contributed by atoms with Gasteiger partial charge in [0.25, 0.3) is 5.56 Å². The van der Waals surface area contributed by atoms with Crippen molar-refractivity contribution >= 4 is 33.4 Å². The Labute approximate surface area is 126 Å². The van der Waals surface area contributed by atoms with Crippen LogP contribution in [0.25, 0.3) is 0 Å². The fourth-order valence-corrected chi connectivity index (χ4v) is 2.20. The molecule has 0 unspecified atom stereocenters. The number of nitrogens with zero attached hydrogens (tertiary/aromatic N) is 1. The summed E-state index contributed by atoms with van der Waals surface area (Å²) >= 11 is 9.09. The molecule has 0 aliphatic carbocycles. The van der Waals surface area contributed by atoms with Crippen LogP contribution in [-0.2, 0) is 6.54 Å². The van der Waals surface area contributed by atoms with Gasteiger partial charge < -0.3 is 5.73 Å². The molecule has 0 atom stereocenters. The first kappa shape index (κ1) is 14.5. The summed E-state index contributed by atoms with van der Waals surface area (Å²) in [6, 6.07) is 4.56. The lowest BCUT2D eigenvalue weighted by Crippen LogP contribution is -2.30. The number of carbonyl (C=O) groups excluding carboxylic acids is 1. The number of hydrogen-bond acceptors (Lipinski definition) is 3. The molecule has 0 saturated heterocycles. The predicted molar refractivity (Wildman–Crippen MR) is 78.1 cm³/mol. The Morgan fingerprint density at radius 1 is 1.40 bits per heavy atom. The molecule has 3 N–H and O–H groups in total. The molecule has 1 aromatic carbocycles. The number of nitrogens with one attached hydrogen (secondary N) is 1. The monoisotopic (exact) mass is 357 g/mol. The van der Waals surface area contributed by atoms with E-state index in [4.69, 9.17) is 17.3 Å². The van der Waals surface area contributed by atoms with Crippen molar-refractivity contribution in [3.05, 3.63) is 65.9 Å². The highest BCUT2D eigenvalue weighted by atomic mass is 79.9. The molecule has 0 aliphatic rings. The molecule has 104 valence electrons. The lowest BCUT2D eigenvalue weighted by atomic mass is 10.1. The minimum absolute atomic E-state index is 0.159. The van der Waals surface area contributed by atoms with E-state index in [1.165, 1.54) is 22.9 Å². The van der Waals surface area contributed by atoms with Gasteiger partial charge in [-0.25, -0.2) is 4.79 Å². The van der Waals surface area contributed by atoms with Crippen molar-refractivity contribution in [3.63, 3.8) is 0 Å². The van der Waals surface area contributed by atoms with Crippen LogP contribution in [0.3, 0.4) is 0 Å². The van der Waals surface area contributed by atoms with Gasteiger partial charge in [-0.15, -0.1) is 0 Å². The Balaban J connectivity index is 2.40. The summed E-state index contributed by atoms with van der Waals surface area (Å²) in [5, 5.41) is 0.315. The summed E-state index contributed by atoms with van der Waals surface area (Å²) in [5.74, 6) is -0.581. The second kappa shape index (κ2) is 5.64. The minimum Gasteiger partial charge on any atom is -0.366 e. The number of halogens is 2. The number of H-pyrrole nitrogens is 1. The molecule has 6 nitrogen and oxygen atoms in total. The second-order valence-electron chi connectivity index (χ2n) is 4.03. The van der Waals surface area contributed by atoms with Crippen LogP contribution in [0.2, 0.25) is 5.02 Å². The third-order valence-corrected chi connectivity index (χ3v) is 3.56. The van der Waals surface area contributed by atoms with E-state index in [9.17, 15) is 14.4 Å². The van der Waals surface area contributed by atoms with E-state index in [0.717, 1.165) is 0 Å². The average Bonchev–Trinajstić information content (AvgIpc) is 2.37. The van der Waals surface area contributed by atoms with Gasteiger partial charge in [0.15, 0.2) is 0 Å². The number of hydrogen-bond donors (Lipinski definition) is 2. The van der Waals surface area contributed by atoms with E-state index in [0.29, 0.717) is 10.6 Å². The fraction of sp³-hybridized carbons (Fsp3) is 0.0833. The Bertz CT molecular complexity index is 797. The Morgan fingerprint density at radius 2 is 2.10 bits per heavy atom. The maximum atomic E-state index is 11.7. The van der Waals surface area contributed by atoms with Crippen LogP contribution in [0.1, 0.15) is 15.9 Å². The van der Waals surface area contributed by atoms with Gasteiger partial charge in [-0.3, -0.25) is 19.1 Å². The number of carbonyl (C=O) groups is 1. The summed E-state index contributed by atoms with van der Waals surface area (Å²) in [7, 11) is 0. The van der Waals surface area contributed by atoms with Crippen molar-refractivity contribution in [1.82, 2.24) is 9.55 Å². The highest BCUT2D eigenvalue weighted by Crippen LogP contribution is 2.18. The molecular weight excluding hydrogens is 350 g/mol. The standard InChI is InChI=1S/C12H9BrClN3O3/c13-8-5-17(12(20)16-11(8)19)4-7-2-1-6(10(15)18)3-9(7)14/h1-3,5H,4H2,(H2,15,18)(H,16,19,20). The van der Waals surface area contributed by atoms with Crippen LogP contribution < -0.4 is 17.0 Å². The third kappa shape index (κ3) is 3.00. The molecule has 1 aromatic heterocycles. The lowest BCUT2D eigenvalue weighted by molar-refractivity contribution is 0.100. The zero-order valence-corrected chi connectivity index (χ0v) is 12.4. The van der Waals surface area contributed by atoms with Crippen LogP contribution in [-0.4, -0.2) is 15.5 Å². The smallest absolute Gasteiger partial charge is 0.328 e. The zero-order chi connectivity index (χ0) is 14.9. The third-order valence-electron chi connectivity index (χ3n) is 2.65. The molecule has 2 rings (SSSR count). The molecule has 0 radical (unpaired) electrons. The Kier molecular flexibility index (Phi) is 4.10. The number of primary amides is 1. The average molecular weight is 359 g/mol. The Morgan fingerprint density at radius 3 is 2.70 bits per heavy atom. The van der Waals surface area contributed by atoms with Gasteiger partial charge in [0, 0.05) is 16.8 Å². The van der Waals surface area contributed by atoms with Crippen molar-refractivity contribution in [1.29, 1.82) is 0 Å². The summed E-state index contributed by atoms with van der Waals surface area (Å²) in [6.45, 7) is 0.159. The maximum Gasteiger partial charge on any atom is 0.328 e. The van der Waals surface area contributed by atoms with E-state index in [2.05, 4.69) is 20.9 Å². The summed E-state index contributed by atoms with van der Waals surface area (Å²) in [6.07, 6.45) is 1.37. The quantitative estimate of drug-likeness (QED) is 0.859. The van der Waals surface area contributed by atoms with Crippen LogP contribution in [0.15, 0.2) is 38.5 Å². The minimum atomic E-state index is -0.581. The molecule has 0 fully saturated rings. The second-order valence-corrected chi connectivity index (χ2v) is 5.30. The summed E-state index contributed by atoms with van der Waals surface area (Å²) < 4.78 is 1.53. The van der Waals surface area contributed by atoms with E-state index < -0.39 is 17.2 Å². The van der Waals surface area contributed by atoms with E-state index >= 15 is 0 Å². The van der Waals surface area contributed by atoms with Crippen molar-refractivity contribution in [2.45, 2.75) is 6.54 Å². The van der Waals surface area contributed by atoms with Crippen LogP contribution in [0, 0.1) is 0 Å². The molecule has 0 spiro atoms. The van der Waals surface area contributed by atoms with E-state index in [1.807, 2.05) is 0 Å². The highest BCUT2D eigenvalue weighted by molar-refractivity contribution is 9.10. The number of rotatable bonds is 3. The van der Waals surface area contributed by atoms with Crippen molar-refractivity contribution in [3.8, 4) is 0 Å². The van der Waals surface area contributed by atoms with Gasteiger partial charge in [-0.05, 0) is 33.6 Å². The molecular formula is C12H9BrClN3O3. The SMILES string of the molecule is NC(=O)c1ccc(Cn2cc(Br)c(=O)[nH]c2=O)c(Cl)c1. The number of aromatic amines is 1. The maximum absolute atomic E-state index is 11.7. The largest absolute Gasteiger partial charge is 0.366 e. The molecule has 2 aromatic rings. The van der Waals surface area contributed by atoms with Crippen LogP contribution in [0.4, 0.5) is 0 Å². The van der Waals surface area contributed by atoms with Gasteiger partial charge in [-0.1, -0.05) is 17.7 Å². The molecule has 0 saturated carbocycles. The first-order valence-electron chi connectivity index (χ1n) is 5.46. The molecule has 1 heterocycles. The number of amides is 1. The van der Waals surface area contributed by atoms with Crippen molar-refractivity contribution in [2.24, 2.45) is 5.73 Å². The van der Waals surface area contributed by atoms with Crippen molar-refractivity contribution in [2.75, 3.05) is 0 Å². The van der Waals surface area contributed by atoms with E-state index in [1.54, 1.807) is 6.07 Å². The van der Waals surface area contributed by atoms with Gasteiger partial charge in [-0.2, -0.15) is 0 Å². The number of nitrogens with two attached hydrogens (primary N) is 1. The first-order valence-corrected chi connectivity index (χ1v) is 6.63. The molecule has 1 amide bonds. The molecule has 0 aliphatic heterocycles. The topological polar surface area (TPSA) is 97.9 Å². The Hall–Kier alpha value is -1.86. The predicted octanol–water partition coefficient (Wildman–Crippen LogP) is 1.10. The van der Waals surface area contributed by atoms with Gasteiger partial charge in [0.1, 0.15) is 0 Å². The number of aromatic nitrogens is 2. The van der Waals surface area contributed by atoms with Crippen molar-refractivity contribution < 1.29 is 4.79 Å². The summed E-state index contributed by atoms with van der Waals surface area (Å²) in [5.41, 5.74) is 5.01. The number of benzene rings is 1. The molecule has 20 heavy (non-hydrogen) atoms. The van der Waals surface area contributed by atoms with Crippen LogP contribution >= 0.6 is 27.5 Å². The first-order chi connectivity index (χ1) is 9.38. The molecule has 0 bridgehead atoms. The highest BCUT2D eigenvalue weighted by Gasteiger charge is 2.08. The fourth-order valence-electron chi connectivity index (χ4n) is 1.61. The molecule has 8 heteroatoms. The van der Waals surface area contributed by atoms with Crippen LogP contribution in [0.5, 0.6) is 0 Å².